The van der Waals surface area contributed by atoms with Gasteiger partial charge in [-0.3, -0.25) is 13.9 Å². The third kappa shape index (κ3) is 9.93. The first kappa shape index (κ1) is 32.7. The van der Waals surface area contributed by atoms with E-state index in [0.717, 1.165) is 46.8 Å². The van der Waals surface area contributed by atoms with Crippen molar-refractivity contribution >= 4 is 43.5 Å². The summed E-state index contributed by atoms with van der Waals surface area (Å²) >= 11 is 3.53. The van der Waals surface area contributed by atoms with E-state index < -0.39 is 16.1 Å². The van der Waals surface area contributed by atoms with Crippen molar-refractivity contribution in [3.8, 4) is 0 Å². The van der Waals surface area contributed by atoms with E-state index in [0.29, 0.717) is 18.5 Å². The largest absolute Gasteiger partial charge is 0.352 e. The maximum absolute atomic E-state index is 14.0. The number of amides is 2. The lowest BCUT2D eigenvalue weighted by molar-refractivity contribution is -0.141. The van der Waals surface area contributed by atoms with Crippen LogP contribution in [0.3, 0.4) is 0 Å². The van der Waals surface area contributed by atoms with Crippen LogP contribution in [0.15, 0.2) is 83.3 Å². The fraction of sp³-hybridized carbons (Fsp3) is 0.412. The zero-order valence-corrected chi connectivity index (χ0v) is 27.4. The smallest absolute Gasteiger partial charge is 0.243 e. The second-order valence-corrected chi connectivity index (χ2v) is 14.3. The summed E-state index contributed by atoms with van der Waals surface area (Å²) in [6.45, 7) is 2.38. The summed E-state index contributed by atoms with van der Waals surface area (Å²) in [7, 11) is -3.55. The molecular weight excluding hydrogens is 626 g/mol. The van der Waals surface area contributed by atoms with E-state index in [9.17, 15) is 18.0 Å². The van der Waals surface area contributed by atoms with Gasteiger partial charge < -0.3 is 10.2 Å². The van der Waals surface area contributed by atoms with E-state index >= 15 is 0 Å². The number of benzene rings is 3. The Morgan fingerprint density at radius 2 is 1.60 bits per heavy atom. The minimum Gasteiger partial charge on any atom is -0.352 e. The number of nitrogens with one attached hydrogen (secondary N) is 1. The molecule has 230 valence electrons. The molecule has 7 nitrogen and oxygen atoms in total. The van der Waals surface area contributed by atoms with Crippen LogP contribution in [-0.2, 0) is 32.6 Å². The summed E-state index contributed by atoms with van der Waals surface area (Å²) in [5, 5.41) is 3.26. The van der Waals surface area contributed by atoms with Crippen molar-refractivity contribution in [3.63, 3.8) is 0 Å². The van der Waals surface area contributed by atoms with Gasteiger partial charge >= 0.3 is 0 Å². The van der Waals surface area contributed by atoms with Gasteiger partial charge in [-0.05, 0) is 61.6 Å². The SMILES string of the molecule is Cc1ccc(N(CCCC(=O)N(Cc2cccc(Br)c2)[C@@H](Cc2ccccc2)C(=O)NC2CCCCC2)S(C)(=O)=O)cc1. The van der Waals surface area contributed by atoms with E-state index in [2.05, 4.69) is 21.2 Å². The molecule has 0 heterocycles. The Morgan fingerprint density at radius 1 is 0.930 bits per heavy atom. The Kier molecular flexibility index (Phi) is 11.8. The maximum atomic E-state index is 14.0. The molecule has 0 bridgehead atoms. The normalized spacial score (nSPS) is 14.6. The zero-order valence-electron chi connectivity index (χ0n) is 25.0. The standard InChI is InChI=1S/C34H42BrN3O4S/c1-26-18-20-31(21-19-26)38(43(2,41)42)22-10-17-33(39)37(25-28-13-9-14-29(35)23-28)32(24-27-11-5-3-6-12-27)34(40)36-30-15-7-4-8-16-30/h3,5-6,9,11-14,18-21,23,30,32H,4,7-8,10,15-17,22,24-25H2,1-2H3,(H,36,40)/t32-/m0/s1. The van der Waals surface area contributed by atoms with E-state index in [-0.39, 0.29) is 37.4 Å². The van der Waals surface area contributed by atoms with Crippen molar-refractivity contribution in [2.75, 3.05) is 17.1 Å². The lowest BCUT2D eigenvalue weighted by atomic mass is 9.94. The molecule has 0 radical (unpaired) electrons. The molecule has 1 aliphatic carbocycles. The number of anilines is 1. The summed E-state index contributed by atoms with van der Waals surface area (Å²) in [4.78, 5) is 29.7. The highest BCUT2D eigenvalue weighted by Gasteiger charge is 2.32. The summed E-state index contributed by atoms with van der Waals surface area (Å²) in [5.74, 6) is -0.325. The number of sulfonamides is 1. The van der Waals surface area contributed by atoms with Gasteiger partial charge in [0.1, 0.15) is 6.04 Å². The van der Waals surface area contributed by atoms with Crippen LogP contribution in [0.2, 0.25) is 0 Å². The molecule has 0 unspecified atom stereocenters. The highest BCUT2D eigenvalue weighted by Crippen LogP contribution is 2.23. The molecule has 1 atom stereocenters. The Bertz CT molecular complexity index is 1460. The molecule has 43 heavy (non-hydrogen) atoms. The van der Waals surface area contributed by atoms with E-state index in [4.69, 9.17) is 0 Å². The fourth-order valence-electron chi connectivity index (χ4n) is 5.65. The molecule has 1 N–H and O–H groups in total. The average molecular weight is 669 g/mol. The number of hydrogen-bond acceptors (Lipinski definition) is 4. The first-order valence-corrected chi connectivity index (χ1v) is 17.7. The first-order valence-electron chi connectivity index (χ1n) is 15.0. The highest BCUT2D eigenvalue weighted by atomic mass is 79.9. The highest BCUT2D eigenvalue weighted by molar-refractivity contribution is 9.10. The second-order valence-electron chi connectivity index (χ2n) is 11.5. The van der Waals surface area contributed by atoms with Crippen LogP contribution < -0.4 is 9.62 Å². The van der Waals surface area contributed by atoms with Gasteiger partial charge in [-0.15, -0.1) is 0 Å². The molecule has 2 amide bonds. The lowest BCUT2D eigenvalue weighted by Crippen LogP contribution is -2.52. The van der Waals surface area contributed by atoms with Crippen LogP contribution >= 0.6 is 15.9 Å². The van der Waals surface area contributed by atoms with Gasteiger partial charge in [0.2, 0.25) is 21.8 Å². The number of nitrogens with zero attached hydrogens (tertiary/aromatic N) is 2. The van der Waals surface area contributed by atoms with Crippen LogP contribution in [0, 0.1) is 6.92 Å². The van der Waals surface area contributed by atoms with E-state index in [1.54, 1.807) is 17.0 Å². The predicted octanol–water partition coefficient (Wildman–Crippen LogP) is 6.39. The second kappa shape index (κ2) is 15.5. The van der Waals surface area contributed by atoms with Gasteiger partial charge in [-0.25, -0.2) is 8.42 Å². The van der Waals surface area contributed by atoms with Crippen LogP contribution in [0.1, 0.15) is 61.6 Å². The summed E-state index contributed by atoms with van der Waals surface area (Å²) in [6.07, 6.45) is 7.25. The molecule has 1 saturated carbocycles. The van der Waals surface area contributed by atoms with Crippen LogP contribution in [0.25, 0.3) is 0 Å². The van der Waals surface area contributed by atoms with Gasteiger partial charge in [0, 0.05) is 36.4 Å². The van der Waals surface area contributed by atoms with Gasteiger partial charge in [-0.1, -0.05) is 95.4 Å². The number of halogens is 1. The molecule has 1 aliphatic rings. The summed E-state index contributed by atoms with van der Waals surface area (Å²) < 4.78 is 27.6. The molecule has 0 spiro atoms. The lowest BCUT2D eigenvalue weighted by Gasteiger charge is -2.34. The molecule has 3 aromatic rings. The van der Waals surface area contributed by atoms with Crippen molar-refractivity contribution in [3.05, 3.63) is 100 Å². The average Bonchev–Trinajstić information content (AvgIpc) is 2.98. The van der Waals surface area contributed by atoms with Gasteiger partial charge in [0.05, 0.1) is 11.9 Å². The minimum absolute atomic E-state index is 0.105. The van der Waals surface area contributed by atoms with Crippen LogP contribution in [0.5, 0.6) is 0 Å². The third-order valence-electron chi connectivity index (χ3n) is 7.94. The molecule has 0 aliphatic heterocycles. The molecule has 0 saturated heterocycles. The van der Waals surface area contributed by atoms with E-state index in [1.165, 1.54) is 17.0 Å². The molecule has 9 heteroatoms. The molecular formula is C34H42BrN3O4S. The maximum Gasteiger partial charge on any atom is 0.243 e. The van der Waals surface area contributed by atoms with Crippen molar-refractivity contribution < 1.29 is 18.0 Å². The number of carbonyl (C=O) groups excluding carboxylic acids is 2. The van der Waals surface area contributed by atoms with Crippen LogP contribution in [0.4, 0.5) is 5.69 Å². The Hall–Kier alpha value is -3.17. The Balaban J connectivity index is 1.58. The Morgan fingerprint density at radius 3 is 2.26 bits per heavy atom. The quantitative estimate of drug-likeness (QED) is 0.229. The van der Waals surface area contributed by atoms with Crippen molar-refractivity contribution in [1.82, 2.24) is 10.2 Å². The fourth-order valence-corrected chi connectivity index (χ4v) is 7.06. The van der Waals surface area contributed by atoms with Crippen molar-refractivity contribution in [2.24, 2.45) is 0 Å². The van der Waals surface area contributed by atoms with Gasteiger partial charge in [0.15, 0.2) is 0 Å². The topological polar surface area (TPSA) is 86.8 Å². The number of hydrogen-bond donors (Lipinski definition) is 1. The monoisotopic (exact) mass is 667 g/mol. The minimum atomic E-state index is -3.55. The van der Waals surface area contributed by atoms with E-state index in [1.807, 2.05) is 73.7 Å². The first-order chi connectivity index (χ1) is 20.6. The number of carbonyl (C=O) groups is 2. The number of rotatable bonds is 13. The molecule has 0 aromatic heterocycles. The zero-order chi connectivity index (χ0) is 30.8. The van der Waals surface area contributed by atoms with Gasteiger partial charge in [-0.2, -0.15) is 0 Å². The molecule has 1 fully saturated rings. The number of aryl methyl sites for hydroxylation is 1. The summed E-state index contributed by atoms with van der Waals surface area (Å²) in [6, 6.07) is 24.2. The molecule has 3 aromatic carbocycles. The summed E-state index contributed by atoms with van der Waals surface area (Å²) in [5.41, 5.74) is 3.48. The van der Waals surface area contributed by atoms with Crippen molar-refractivity contribution in [2.45, 2.75) is 76.9 Å². The van der Waals surface area contributed by atoms with Gasteiger partial charge in [0.25, 0.3) is 0 Å². The third-order valence-corrected chi connectivity index (χ3v) is 9.63. The molecule has 4 rings (SSSR count). The predicted molar refractivity (Wildman–Crippen MR) is 176 cm³/mol. The van der Waals surface area contributed by atoms with Crippen molar-refractivity contribution in [1.29, 1.82) is 0 Å². The van der Waals surface area contributed by atoms with Crippen LogP contribution in [-0.4, -0.2) is 50.0 Å². The Labute approximate surface area is 264 Å².